The zero-order chi connectivity index (χ0) is 16.3. The molecule has 2 fully saturated rings. The Kier molecular flexibility index (Phi) is 5.02. The number of anilines is 1. The van der Waals surface area contributed by atoms with Crippen LogP contribution in [0.25, 0.3) is 0 Å². The molecule has 126 valence electrons. The molecule has 1 aliphatic heterocycles. The van der Waals surface area contributed by atoms with Gasteiger partial charge in [0.15, 0.2) is 0 Å². The summed E-state index contributed by atoms with van der Waals surface area (Å²) in [6, 6.07) is 9.99. The predicted molar refractivity (Wildman–Crippen MR) is 90.8 cm³/mol. The van der Waals surface area contributed by atoms with Crippen molar-refractivity contribution < 1.29 is 13.2 Å². The minimum atomic E-state index is -3.13. The lowest BCUT2D eigenvalue weighted by Gasteiger charge is -2.30. The van der Waals surface area contributed by atoms with E-state index in [9.17, 15) is 13.2 Å². The molecule has 6 heteroatoms. The molecule has 1 heterocycles. The standard InChI is InChI=1S/C17H24N2O3S/c20-17(11-13-18-12-6-14-23(18,21)22)19(16-9-4-5-10-16)15-7-2-1-3-8-15/h1-3,7-8,16H,4-6,9-14H2. The molecule has 1 aromatic carbocycles. The summed E-state index contributed by atoms with van der Waals surface area (Å²) < 4.78 is 25.2. The Bertz CT molecular complexity index is 639. The van der Waals surface area contributed by atoms with Gasteiger partial charge in [0, 0.05) is 31.2 Å². The van der Waals surface area contributed by atoms with E-state index in [1.807, 2.05) is 35.2 Å². The summed E-state index contributed by atoms with van der Waals surface area (Å²) in [6.45, 7) is 0.849. The molecule has 23 heavy (non-hydrogen) atoms. The highest BCUT2D eigenvalue weighted by Gasteiger charge is 2.31. The summed E-state index contributed by atoms with van der Waals surface area (Å²) in [5, 5.41) is 0. The lowest BCUT2D eigenvalue weighted by atomic mass is 10.1. The number of rotatable bonds is 5. The third-order valence-electron chi connectivity index (χ3n) is 4.77. The van der Waals surface area contributed by atoms with Gasteiger partial charge in [-0.05, 0) is 31.4 Å². The van der Waals surface area contributed by atoms with Gasteiger partial charge in [0.2, 0.25) is 15.9 Å². The van der Waals surface area contributed by atoms with Crippen LogP contribution in [0.5, 0.6) is 0 Å². The Morgan fingerprint density at radius 1 is 1.13 bits per heavy atom. The van der Waals surface area contributed by atoms with Crippen molar-refractivity contribution in [2.24, 2.45) is 0 Å². The molecule has 1 amide bonds. The van der Waals surface area contributed by atoms with E-state index in [1.54, 1.807) is 0 Å². The fraction of sp³-hybridized carbons (Fsp3) is 0.588. The van der Waals surface area contributed by atoms with Crippen LogP contribution in [-0.2, 0) is 14.8 Å². The third-order valence-corrected chi connectivity index (χ3v) is 6.73. The molecule has 0 N–H and O–H groups in total. The van der Waals surface area contributed by atoms with Crippen LogP contribution in [0.4, 0.5) is 5.69 Å². The Hall–Kier alpha value is -1.40. The largest absolute Gasteiger partial charge is 0.309 e. The minimum absolute atomic E-state index is 0.0326. The smallest absolute Gasteiger partial charge is 0.228 e. The summed E-state index contributed by atoms with van der Waals surface area (Å²) in [6.07, 6.45) is 5.29. The average molecular weight is 336 g/mol. The summed E-state index contributed by atoms with van der Waals surface area (Å²) in [5.41, 5.74) is 0.925. The van der Waals surface area contributed by atoms with Gasteiger partial charge in [0.25, 0.3) is 0 Å². The molecule has 1 saturated carbocycles. The first kappa shape index (κ1) is 16.5. The highest BCUT2D eigenvalue weighted by Crippen LogP contribution is 2.29. The number of hydrogen-bond acceptors (Lipinski definition) is 3. The van der Waals surface area contributed by atoms with Crippen molar-refractivity contribution in [3.63, 3.8) is 0 Å². The van der Waals surface area contributed by atoms with E-state index in [2.05, 4.69) is 0 Å². The first-order valence-electron chi connectivity index (χ1n) is 8.43. The number of sulfonamides is 1. The molecular weight excluding hydrogens is 312 g/mol. The first-order chi connectivity index (χ1) is 11.1. The number of hydrogen-bond donors (Lipinski definition) is 0. The second kappa shape index (κ2) is 7.01. The van der Waals surface area contributed by atoms with Crippen LogP contribution in [0.15, 0.2) is 30.3 Å². The van der Waals surface area contributed by atoms with Gasteiger partial charge in [-0.1, -0.05) is 31.0 Å². The lowest BCUT2D eigenvalue weighted by Crippen LogP contribution is -2.41. The summed E-state index contributed by atoms with van der Waals surface area (Å²) >= 11 is 0. The van der Waals surface area contributed by atoms with Crippen LogP contribution in [0.2, 0.25) is 0 Å². The molecule has 1 aliphatic carbocycles. The zero-order valence-electron chi connectivity index (χ0n) is 13.4. The molecule has 0 radical (unpaired) electrons. The van der Waals surface area contributed by atoms with E-state index in [0.717, 1.165) is 31.4 Å². The van der Waals surface area contributed by atoms with Crippen molar-refractivity contribution in [1.29, 1.82) is 0 Å². The van der Waals surface area contributed by atoms with E-state index in [1.165, 1.54) is 4.31 Å². The van der Waals surface area contributed by atoms with Gasteiger partial charge in [0.1, 0.15) is 0 Å². The number of para-hydroxylation sites is 1. The Morgan fingerprint density at radius 2 is 1.83 bits per heavy atom. The van der Waals surface area contributed by atoms with Crippen molar-refractivity contribution in [3.8, 4) is 0 Å². The van der Waals surface area contributed by atoms with Crippen LogP contribution in [0.1, 0.15) is 38.5 Å². The highest BCUT2D eigenvalue weighted by atomic mass is 32.2. The SMILES string of the molecule is O=C(CCN1CCCS1(=O)=O)N(c1ccccc1)C1CCCC1. The number of carbonyl (C=O) groups is 1. The molecule has 5 nitrogen and oxygen atoms in total. The van der Waals surface area contributed by atoms with E-state index in [4.69, 9.17) is 0 Å². The minimum Gasteiger partial charge on any atom is -0.309 e. The third kappa shape index (κ3) is 3.75. The quantitative estimate of drug-likeness (QED) is 0.829. The molecule has 3 rings (SSSR count). The van der Waals surface area contributed by atoms with Gasteiger partial charge in [-0.2, -0.15) is 0 Å². The van der Waals surface area contributed by atoms with Crippen molar-refractivity contribution in [1.82, 2.24) is 4.31 Å². The van der Waals surface area contributed by atoms with E-state index < -0.39 is 10.0 Å². The molecule has 2 aliphatic rings. The highest BCUT2D eigenvalue weighted by molar-refractivity contribution is 7.89. The molecule has 0 aromatic heterocycles. The molecule has 0 spiro atoms. The van der Waals surface area contributed by atoms with Gasteiger partial charge in [-0.25, -0.2) is 12.7 Å². The zero-order valence-corrected chi connectivity index (χ0v) is 14.2. The normalized spacial score (nSPS) is 21.6. The number of nitrogens with zero attached hydrogens (tertiary/aromatic N) is 2. The van der Waals surface area contributed by atoms with Crippen molar-refractivity contribution in [2.75, 3.05) is 23.7 Å². The van der Waals surface area contributed by atoms with Gasteiger partial charge in [-0.3, -0.25) is 4.79 Å². The fourth-order valence-corrected chi connectivity index (χ4v) is 5.12. The van der Waals surface area contributed by atoms with Gasteiger partial charge in [-0.15, -0.1) is 0 Å². The van der Waals surface area contributed by atoms with Gasteiger partial charge in [0.05, 0.1) is 5.75 Å². The Balaban J connectivity index is 1.70. The number of benzene rings is 1. The average Bonchev–Trinajstić information content (AvgIpc) is 3.16. The van der Waals surface area contributed by atoms with E-state index >= 15 is 0 Å². The second-order valence-corrected chi connectivity index (χ2v) is 8.44. The Labute approximate surface area is 138 Å². The van der Waals surface area contributed by atoms with Gasteiger partial charge < -0.3 is 4.90 Å². The van der Waals surface area contributed by atoms with E-state index in [-0.39, 0.29) is 24.1 Å². The number of carbonyl (C=O) groups excluding carboxylic acids is 1. The predicted octanol–water partition coefficient (Wildman–Crippen LogP) is 2.39. The lowest BCUT2D eigenvalue weighted by molar-refractivity contribution is -0.119. The Morgan fingerprint density at radius 3 is 2.43 bits per heavy atom. The molecule has 0 bridgehead atoms. The number of amides is 1. The molecule has 1 aromatic rings. The molecular formula is C17H24N2O3S. The van der Waals surface area contributed by atoms with Crippen LogP contribution < -0.4 is 4.90 Å². The van der Waals surface area contributed by atoms with Crippen molar-refractivity contribution in [3.05, 3.63) is 30.3 Å². The molecule has 0 atom stereocenters. The maximum atomic E-state index is 12.8. The van der Waals surface area contributed by atoms with Crippen LogP contribution in [0, 0.1) is 0 Å². The summed E-state index contributed by atoms with van der Waals surface area (Å²) in [4.78, 5) is 14.7. The molecule has 0 unspecified atom stereocenters. The van der Waals surface area contributed by atoms with E-state index in [0.29, 0.717) is 19.5 Å². The monoisotopic (exact) mass is 336 g/mol. The summed E-state index contributed by atoms with van der Waals surface area (Å²) in [7, 11) is -3.13. The first-order valence-corrected chi connectivity index (χ1v) is 10.0. The van der Waals surface area contributed by atoms with Gasteiger partial charge >= 0.3 is 0 Å². The van der Waals surface area contributed by atoms with Crippen LogP contribution in [-0.4, -0.2) is 43.5 Å². The summed E-state index contributed by atoms with van der Waals surface area (Å²) in [5.74, 6) is 0.247. The van der Waals surface area contributed by atoms with Crippen molar-refractivity contribution in [2.45, 2.75) is 44.6 Å². The van der Waals surface area contributed by atoms with Crippen LogP contribution in [0.3, 0.4) is 0 Å². The fourth-order valence-electron chi connectivity index (χ4n) is 3.59. The maximum Gasteiger partial charge on any atom is 0.228 e. The molecule has 1 saturated heterocycles. The maximum absolute atomic E-state index is 12.8. The second-order valence-electron chi connectivity index (χ2n) is 6.36. The van der Waals surface area contributed by atoms with Crippen molar-refractivity contribution >= 4 is 21.6 Å². The van der Waals surface area contributed by atoms with Crippen LogP contribution >= 0.6 is 0 Å². The topological polar surface area (TPSA) is 57.7 Å².